The number of thioether (sulfide) groups is 1. The minimum absolute atomic E-state index is 0.0761. The summed E-state index contributed by atoms with van der Waals surface area (Å²) in [6.07, 6.45) is 1.78. The summed E-state index contributed by atoms with van der Waals surface area (Å²) in [5.74, 6) is -0.0714. The predicted molar refractivity (Wildman–Crippen MR) is 94.3 cm³/mol. The van der Waals surface area contributed by atoms with Crippen LogP contribution >= 0.6 is 11.8 Å². The van der Waals surface area contributed by atoms with Gasteiger partial charge in [0.1, 0.15) is 5.54 Å². The summed E-state index contributed by atoms with van der Waals surface area (Å²) in [5, 5.41) is 2.35. The summed E-state index contributed by atoms with van der Waals surface area (Å²) in [5.41, 5.74) is 0.464. The Hall–Kier alpha value is -2.02. The number of carbonyl (C=O) groups is 3. The lowest BCUT2D eigenvalue weighted by molar-refractivity contribution is -0.137. The van der Waals surface area contributed by atoms with Crippen molar-refractivity contribution in [1.82, 2.24) is 15.1 Å². The Morgan fingerprint density at radius 2 is 2.00 bits per heavy atom. The fourth-order valence-electron chi connectivity index (χ4n) is 4.16. The molecule has 7 heteroatoms. The van der Waals surface area contributed by atoms with Gasteiger partial charge in [0.05, 0.1) is 5.25 Å². The average Bonchev–Trinajstić information content (AvgIpc) is 3.14. The molecular weight excluding hydrogens is 338 g/mol. The fourth-order valence-corrected chi connectivity index (χ4v) is 5.44. The van der Waals surface area contributed by atoms with Gasteiger partial charge in [-0.3, -0.25) is 14.9 Å². The quantitative estimate of drug-likeness (QED) is 0.815. The molecule has 3 aliphatic rings. The van der Waals surface area contributed by atoms with Gasteiger partial charge in [0.25, 0.3) is 5.91 Å². The van der Waals surface area contributed by atoms with E-state index in [1.807, 2.05) is 24.0 Å². The van der Waals surface area contributed by atoms with Crippen LogP contribution in [0.15, 0.2) is 29.2 Å². The summed E-state index contributed by atoms with van der Waals surface area (Å²) >= 11 is 1.63. The van der Waals surface area contributed by atoms with Crippen molar-refractivity contribution in [2.75, 3.05) is 19.6 Å². The molecule has 6 nitrogen and oxygen atoms in total. The number of likely N-dealkylation sites (N-methyl/N-ethyl adjacent to an activating group) is 1. The van der Waals surface area contributed by atoms with Gasteiger partial charge < -0.3 is 9.80 Å². The number of benzene rings is 1. The Labute approximate surface area is 150 Å². The van der Waals surface area contributed by atoms with Crippen LogP contribution in [-0.2, 0) is 16.0 Å². The number of likely N-dealkylation sites (tertiary alicyclic amines) is 1. The van der Waals surface area contributed by atoms with Gasteiger partial charge in [-0.2, -0.15) is 0 Å². The summed E-state index contributed by atoms with van der Waals surface area (Å²) in [6.45, 7) is 3.41. The first kappa shape index (κ1) is 16.4. The summed E-state index contributed by atoms with van der Waals surface area (Å²) < 4.78 is 0. The molecule has 4 amide bonds. The number of carbonyl (C=O) groups excluding carboxylic acids is 3. The van der Waals surface area contributed by atoms with Crippen molar-refractivity contribution < 1.29 is 14.4 Å². The van der Waals surface area contributed by atoms with Crippen LogP contribution in [0.5, 0.6) is 0 Å². The molecule has 0 aliphatic carbocycles. The Morgan fingerprint density at radius 3 is 2.68 bits per heavy atom. The van der Waals surface area contributed by atoms with Crippen molar-refractivity contribution in [3.63, 3.8) is 0 Å². The Balaban J connectivity index is 1.43. The molecule has 4 rings (SSSR count). The molecule has 1 aromatic rings. The molecule has 0 radical (unpaired) electrons. The van der Waals surface area contributed by atoms with E-state index in [0.29, 0.717) is 32.5 Å². The summed E-state index contributed by atoms with van der Waals surface area (Å²) in [7, 11) is 0. The summed E-state index contributed by atoms with van der Waals surface area (Å²) in [4.78, 5) is 41.8. The average molecular weight is 359 g/mol. The first-order valence-electron chi connectivity index (χ1n) is 8.71. The molecule has 1 spiro atoms. The number of rotatable bonds is 2. The molecule has 1 N–H and O–H groups in total. The summed E-state index contributed by atoms with van der Waals surface area (Å²) in [6, 6.07) is 7.83. The largest absolute Gasteiger partial charge is 0.342 e. The maximum Gasteiger partial charge on any atom is 0.325 e. The van der Waals surface area contributed by atoms with Crippen molar-refractivity contribution >= 4 is 29.6 Å². The van der Waals surface area contributed by atoms with E-state index in [4.69, 9.17) is 0 Å². The number of fused-ring (bicyclic) bond motifs is 1. The number of imide groups is 1. The highest BCUT2D eigenvalue weighted by Crippen LogP contribution is 2.39. The van der Waals surface area contributed by atoms with E-state index in [-0.39, 0.29) is 23.1 Å². The lowest BCUT2D eigenvalue weighted by atomic mass is 9.86. The van der Waals surface area contributed by atoms with Gasteiger partial charge in [-0.05, 0) is 37.8 Å². The second kappa shape index (κ2) is 6.05. The predicted octanol–water partition coefficient (Wildman–Crippen LogP) is 1.64. The minimum Gasteiger partial charge on any atom is -0.342 e. The van der Waals surface area contributed by atoms with Crippen LogP contribution in [0.4, 0.5) is 4.79 Å². The van der Waals surface area contributed by atoms with Crippen LogP contribution < -0.4 is 5.32 Å². The van der Waals surface area contributed by atoms with Crippen molar-refractivity contribution in [2.45, 2.75) is 41.9 Å². The smallest absolute Gasteiger partial charge is 0.325 e. The standard InChI is InChI=1S/C18H21N3O3S/c1-2-21-17(24)19-16(23)18(21)7-9-20(10-8-18)15(22)14-11-12-5-3-4-6-13(12)25-14/h3-6,14H,2,7-11H2,1H3,(H,19,23,24)/t14-/m1/s1. The SMILES string of the molecule is CCN1C(=O)NC(=O)C12CCN(C(=O)[C@H]1Cc3ccccc3S1)CC2. The van der Waals surface area contributed by atoms with E-state index in [0.717, 1.165) is 6.42 Å². The van der Waals surface area contributed by atoms with Gasteiger partial charge in [0.15, 0.2) is 0 Å². The van der Waals surface area contributed by atoms with Crippen LogP contribution in [0.1, 0.15) is 25.3 Å². The molecule has 2 saturated heterocycles. The van der Waals surface area contributed by atoms with Crippen molar-refractivity contribution in [2.24, 2.45) is 0 Å². The van der Waals surface area contributed by atoms with Gasteiger partial charge in [0, 0.05) is 24.5 Å². The second-order valence-electron chi connectivity index (χ2n) is 6.78. The van der Waals surface area contributed by atoms with E-state index in [1.54, 1.807) is 16.7 Å². The van der Waals surface area contributed by atoms with Crippen LogP contribution in [0.25, 0.3) is 0 Å². The number of nitrogens with one attached hydrogen (secondary N) is 1. The number of hydrogen-bond donors (Lipinski definition) is 1. The Kier molecular flexibility index (Phi) is 3.98. The zero-order valence-corrected chi connectivity index (χ0v) is 15.0. The third kappa shape index (κ3) is 2.52. The van der Waals surface area contributed by atoms with Gasteiger partial charge in [0.2, 0.25) is 5.91 Å². The fraction of sp³-hybridized carbons (Fsp3) is 0.500. The maximum atomic E-state index is 12.9. The lowest BCUT2D eigenvalue weighted by Crippen LogP contribution is -2.58. The first-order valence-corrected chi connectivity index (χ1v) is 9.59. The third-order valence-electron chi connectivity index (χ3n) is 5.55. The van der Waals surface area contributed by atoms with E-state index >= 15 is 0 Å². The highest BCUT2D eigenvalue weighted by molar-refractivity contribution is 8.01. The van der Waals surface area contributed by atoms with E-state index < -0.39 is 5.54 Å². The molecule has 3 heterocycles. The Bertz CT molecular complexity index is 718. The Morgan fingerprint density at radius 1 is 1.28 bits per heavy atom. The monoisotopic (exact) mass is 359 g/mol. The van der Waals surface area contributed by atoms with Crippen LogP contribution in [0.3, 0.4) is 0 Å². The van der Waals surface area contributed by atoms with E-state index in [9.17, 15) is 14.4 Å². The van der Waals surface area contributed by atoms with Crippen LogP contribution in [0.2, 0.25) is 0 Å². The molecule has 132 valence electrons. The van der Waals surface area contributed by atoms with Gasteiger partial charge in [-0.25, -0.2) is 4.79 Å². The van der Waals surface area contributed by atoms with Gasteiger partial charge in [-0.15, -0.1) is 11.8 Å². The molecule has 0 unspecified atom stereocenters. The lowest BCUT2D eigenvalue weighted by Gasteiger charge is -2.42. The number of hydrogen-bond acceptors (Lipinski definition) is 4. The van der Waals surface area contributed by atoms with Crippen LogP contribution in [0, 0.1) is 0 Å². The molecule has 0 saturated carbocycles. The molecule has 3 aliphatic heterocycles. The molecule has 0 aromatic heterocycles. The molecule has 1 atom stereocenters. The van der Waals surface area contributed by atoms with Crippen molar-refractivity contribution in [1.29, 1.82) is 0 Å². The molecular formula is C18H21N3O3S. The maximum absolute atomic E-state index is 12.9. The minimum atomic E-state index is -0.769. The van der Waals surface area contributed by atoms with Crippen molar-refractivity contribution in [3.05, 3.63) is 29.8 Å². The number of amides is 4. The molecule has 0 bridgehead atoms. The van der Waals surface area contributed by atoms with E-state index in [2.05, 4.69) is 17.4 Å². The normalized spacial score (nSPS) is 24.6. The highest BCUT2D eigenvalue weighted by atomic mass is 32.2. The van der Waals surface area contributed by atoms with Gasteiger partial charge in [-0.1, -0.05) is 18.2 Å². The first-order chi connectivity index (χ1) is 12.0. The van der Waals surface area contributed by atoms with Gasteiger partial charge >= 0.3 is 6.03 Å². The molecule has 25 heavy (non-hydrogen) atoms. The molecule has 2 fully saturated rings. The second-order valence-corrected chi connectivity index (χ2v) is 8.02. The van der Waals surface area contributed by atoms with E-state index in [1.165, 1.54) is 10.5 Å². The zero-order valence-electron chi connectivity index (χ0n) is 14.2. The third-order valence-corrected chi connectivity index (χ3v) is 6.85. The number of urea groups is 1. The molecule has 1 aromatic carbocycles. The zero-order chi connectivity index (χ0) is 17.6. The van der Waals surface area contributed by atoms with Crippen LogP contribution in [-0.4, -0.2) is 58.1 Å². The topological polar surface area (TPSA) is 69.7 Å². The van der Waals surface area contributed by atoms with Crippen molar-refractivity contribution in [3.8, 4) is 0 Å². The number of nitrogens with zero attached hydrogens (tertiary/aromatic N) is 2. The number of piperidine rings is 1. The highest BCUT2D eigenvalue weighted by Gasteiger charge is 2.54.